The van der Waals surface area contributed by atoms with Crippen LogP contribution in [0.3, 0.4) is 0 Å². The molecule has 0 unspecified atom stereocenters. The van der Waals surface area contributed by atoms with Gasteiger partial charge in [-0.2, -0.15) is 4.98 Å². The number of aliphatic imine (C=N–C) groups is 1. The van der Waals surface area contributed by atoms with E-state index in [1.54, 1.807) is 36.4 Å². The molecule has 140 valence electrons. The van der Waals surface area contributed by atoms with Crippen LogP contribution in [0, 0.1) is 6.92 Å². The Balaban J connectivity index is 2.21. The van der Waals surface area contributed by atoms with E-state index in [0.717, 1.165) is 12.1 Å². The molecule has 0 atom stereocenters. The maximum atomic E-state index is 6.36. The Morgan fingerprint density at radius 2 is 2.08 bits per heavy atom. The van der Waals surface area contributed by atoms with E-state index in [9.17, 15) is 0 Å². The maximum absolute atomic E-state index is 6.36. The third-order valence-corrected chi connectivity index (χ3v) is 4.65. The van der Waals surface area contributed by atoms with Crippen LogP contribution in [0.15, 0.2) is 34.5 Å². The molecule has 0 spiro atoms. The fourth-order valence-corrected chi connectivity index (χ4v) is 2.92. The molecule has 5 nitrogen and oxygen atoms in total. The number of rotatable bonds is 6. The molecule has 7 heteroatoms. The van der Waals surface area contributed by atoms with Crippen molar-refractivity contribution in [1.29, 1.82) is 0 Å². The van der Waals surface area contributed by atoms with Gasteiger partial charge in [0.05, 0.1) is 17.0 Å². The Labute approximate surface area is 164 Å². The van der Waals surface area contributed by atoms with Gasteiger partial charge in [-0.3, -0.25) is 0 Å². The lowest BCUT2D eigenvalue weighted by Crippen LogP contribution is -2.14. The van der Waals surface area contributed by atoms with Crippen molar-refractivity contribution < 1.29 is 4.74 Å². The van der Waals surface area contributed by atoms with Crippen molar-refractivity contribution in [3.8, 4) is 11.6 Å². The lowest BCUT2D eigenvalue weighted by atomic mass is 10.2. The Bertz CT molecular complexity index is 790. The molecule has 2 rings (SSSR count). The molecule has 0 saturated carbocycles. The highest BCUT2D eigenvalue weighted by Crippen LogP contribution is 2.35. The first-order valence-corrected chi connectivity index (χ1v) is 9.62. The van der Waals surface area contributed by atoms with E-state index in [2.05, 4.69) is 42.7 Å². The molecule has 0 fully saturated rings. The molecule has 1 aromatic heterocycles. The van der Waals surface area contributed by atoms with Gasteiger partial charge in [0, 0.05) is 36.7 Å². The van der Waals surface area contributed by atoms with Gasteiger partial charge in [-0.15, -0.1) is 0 Å². The van der Waals surface area contributed by atoms with Crippen LogP contribution in [-0.2, 0) is 0 Å². The van der Waals surface area contributed by atoms with E-state index >= 15 is 0 Å². The summed E-state index contributed by atoms with van der Waals surface area (Å²) < 4.78 is 5.97. The monoisotopic (exact) mass is 392 g/mol. The lowest BCUT2D eigenvalue weighted by Gasteiger charge is -2.16. The fraction of sp³-hybridized carbons (Fsp3) is 0.421. The second kappa shape index (κ2) is 8.73. The van der Waals surface area contributed by atoms with E-state index in [1.165, 1.54) is 0 Å². The van der Waals surface area contributed by atoms with Crippen LogP contribution in [0.4, 0.5) is 5.69 Å². The predicted octanol–water partition coefficient (Wildman–Crippen LogP) is 5.73. The summed E-state index contributed by atoms with van der Waals surface area (Å²) >= 11 is 7.96. The predicted molar refractivity (Wildman–Crippen MR) is 110 cm³/mol. The van der Waals surface area contributed by atoms with E-state index in [-0.39, 0.29) is 4.75 Å². The number of nitrogens with zero attached hydrogens (tertiary/aromatic N) is 4. The zero-order valence-electron chi connectivity index (χ0n) is 16.1. The summed E-state index contributed by atoms with van der Waals surface area (Å²) in [5.74, 6) is 1.15. The molecule has 0 aliphatic rings. The largest absolute Gasteiger partial charge is 0.439 e. The summed E-state index contributed by atoms with van der Waals surface area (Å²) in [6.07, 6.45) is 3.47. The minimum atomic E-state index is 0.0309. The molecule has 0 amide bonds. The number of benzene rings is 1. The summed E-state index contributed by atoms with van der Waals surface area (Å²) in [6, 6.07) is 5.42. The van der Waals surface area contributed by atoms with Crippen LogP contribution in [0.1, 0.15) is 33.3 Å². The average molecular weight is 393 g/mol. The van der Waals surface area contributed by atoms with Gasteiger partial charge in [0.25, 0.3) is 0 Å². The van der Waals surface area contributed by atoms with Crippen molar-refractivity contribution in [3.05, 3.63) is 35.0 Å². The molecule has 0 radical (unpaired) electrons. The third-order valence-electron chi connectivity index (χ3n) is 3.36. The number of halogens is 1. The van der Waals surface area contributed by atoms with Gasteiger partial charge in [-0.1, -0.05) is 44.1 Å². The molecule has 0 saturated heterocycles. The number of hydrogen-bond donors (Lipinski definition) is 0. The summed E-state index contributed by atoms with van der Waals surface area (Å²) in [7, 11) is 1.96. The molecular formula is C19H25ClN4OS. The molecule has 0 N–H and O–H groups in total. The van der Waals surface area contributed by atoms with Crippen LogP contribution in [0.2, 0.25) is 5.02 Å². The van der Waals surface area contributed by atoms with Gasteiger partial charge in [0.2, 0.25) is 5.88 Å². The van der Waals surface area contributed by atoms with E-state index in [0.29, 0.717) is 27.5 Å². The Morgan fingerprint density at radius 1 is 1.35 bits per heavy atom. The number of aromatic nitrogens is 2. The van der Waals surface area contributed by atoms with Crippen molar-refractivity contribution in [2.75, 3.05) is 13.6 Å². The number of ether oxygens (including phenoxy) is 1. The van der Waals surface area contributed by atoms with Gasteiger partial charge in [0.15, 0.2) is 5.16 Å². The van der Waals surface area contributed by atoms with Gasteiger partial charge in [-0.25, -0.2) is 9.98 Å². The molecular weight excluding hydrogens is 368 g/mol. The van der Waals surface area contributed by atoms with E-state index in [4.69, 9.17) is 16.3 Å². The summed E-state index contributed by atoms with van der Waals surface area (Å²) in [5, 5.41) is 1.22. The van der Waals surface area contributed by atoms with Crippen LogP contribution in [-0.4, -0.2) is 39.5 Å². The molecule has 0 aliphatic heterocycles. The van der Waals surface area contributed by atoms with Crippen molar-refractivity contribution in [2.45, 2.75) is 44.5 Å². The van der Waals surface area contributed by atoms with Gasteiger partial charge in [0.1, 0.15) is 5.75 Å². The fourth-order valence-electron chi connectivity index (χ4n) is 1.92. The third kappa shape index (κ3) is 6.18. The zero-order chi connectivity index (χ0) is 19.3. The van der Waals surface area contributed by atoms with Crippen LogP contribution >= 0.6 is 23.4 Å². The minimum Gasteiger partial charge on any atom is -0.439 e. The van der Waals surface area contributed by atoms with Gasteiger partial charge in [-0.05, 0) is 25.5 Å². The van der Waals surface area contributed by atoms with E-state index in [1.807, 2.05) is 24.9 Å². The first-order valence-electron chi connectivity index (χ1n) is 8.42. The Kier molecular flexibility index (Phi) is 6.89. The van der Waals surface area contributed by atoms with Crippen molar-refractivity contribution >= 4 is 35.4 Å². The molecule has 0 aliphatic carbocycles. The summed E-state index contributed by atoms with van der Waals surface area (Å²) in [5.41, 5.74) is 1.65. The topological polar surface area (TPSA) is 50.6 Å². The highest BCUT2D eigenvalue weighted by Gasteiger charge is 2.15. The second-order valence-electron chi connectivity index (χ2n) is 6.88. The van der Waals surface area contributed by atoms with Crippen LogP contribution < -0.4 is 4.74 Å². The second-order valence-corrected chi connectivity index (χ2v) is 9.08. The Hall–Kier alpha value is -1.79. The minimum absolute atomic E-state index is 0.0309. The summed E-state index contributed by atoms with van der Waals surface area (Å²) in [6.45, 7) is 11.3. The number of aryl methyl sites for hydroxylation is 1. The molecule has 26 heavy (non-hydrogen) atoms. The first kappa shape index (κ1) is 20.5. The maximum Gasteiger partial charge on any atom is 0.223 e. The van der Waals surface area contributed by atoms with E-state index < -0.39 is 0 Å². The lowest BCUT2D eigenvalue weighted by molar-refractivity contribution is 0.452. The quantitative estimate of drug-likeness (QED) is 0.272. The van der Waals surface area contributed by atoms with Crippen LogP contribution in [0.5, 0.6) is 11.6 Å². The SMILES string of the molecule is CCN(C)/C=N/c1cc(C)c(Oc2ccnc(SC(C)(C)C)n2)cc1Cl. The highest BCUT2D eigenvalue weighted by atomic mass is 35.5. The highest BCUT2D eigenvalue weighted by molar-refractivity contribution is 8.00. The zero-order valence-corrected chi connectivity index (χ0v) is 17.6. The summed E-state index contributed by atoms with van der Waals surface area (Å²) in [4.78, 5) is 15.2. The number of hydrogen-bond acceptors (Lipinski definition) is 5. The molecule has 1 heterocycles. The van der Waals surface area contributed by atoms with Gasteiger partial charge >= 0.3 is 0 Å². The average Bonchev–Trinajstić information content (AvgIpc) is 2.55. The van der Waals surface area contributed by atoms with Crippen molar-refractivity contribution in [3.63, 3.8) is 0 Å². The smallest absolute Gasteiger partial charge is 0.223 e. The number of thioether (sulfide) groups is 1. The van der Waals surface area contributed by atoms with Crippen LogP contribution in [0.25, 0.3) is 0 Å². The molecule has 2 aromatic rings. The molecule has 1 aromatic carbocycles. The van der Waals surface area contributed by atoms with Crippen molar-refractivity contribution in [2.24, 2.45) is 4.99 Å². The normalized spacial score (nSPS) is 11.8. The molecule has 0 bridgehead atoms. The van der Waals surface area contributed by atoms with Gasteiger partial charge < -0.3 is 9.64 Å². The first-order chi connectivity index (χ1) is 12.2. The standard InChI is InChI=1S/C19H25ClN4OS/c1-7-24(6)12-22-15-10-13(2)16(11-14(15)20)25-17-8-9-21-18(23-17)26-19(3,4)5/h8-12H,7H2,1-6H3/b22-12+. The Morgan fingerprint density at radius 3 is 2.73 bits per heavy atom. The van der Waals surface area contributed by atoms with Crippen molar-refractivity contribution in [1.82, 2.24) is 14.9 Å².